The SMILES string of the molecule is CCOC(=O)Nc1ccc2c(Cl)c(OCC)oc(=O)c2c1. The van der Waals surface area contributed by atoms with Gasteiger partial charge in [0.05, 0.1) is 18.6 Å². The lowest BCUT2D eigenvalue weighted by Gasteiger charge is -2.08. The van der Waals surface area contributed by atoms with E-state index in [4.69, 9.17) is 25.5 Å². The first-order valence-electron chi connectivity index (χ1n) is 6.39. The Kier molecular flexibility index (Phi) is 4.70. The second-order valence-electron chi connectivity index (χ2n) is 4.03. The predicted octanol–water partition coefficient (Wildman–Crippen LogP) is 3.41. The third-order valence-electron chi connectivity index (χ3n) is 2.64. The normalized spacial score (nSPS) is 10.4. The number of fused-ring (bicyclic) bond motifs is 1. The molecule has 1 aromatic carbocycles. The molecular weight excluding hydrogens is 298 g/mol. The summed E-state index contributed by atoms with van der Waals surface area (Å²) in [5.41, 5.74) is -0.182. The molecular formula is C14H14ClNO5. The first-order chi connectivity index (χ1) is 10.1. The molecule has 0 saturated carbocycles. The van der Waals surface area contributed by atoms with E-state index in [1.54, 1.807) is 26.0 Å². The van der Waals surface area contributed by atoms with Crippen molar-refractivity contribution in [3.05, 3.63) is 33.6 Å². The van der Waals surface area contributed by atoms with Crippen molar-refractivity contribution in [2.24, 2.45) is 0 Å². The van der Waals surface area contributed by atoms with E-state index in [0.717, 1.165) is 0 Å². The molecule has 0 aliphatic carbocycles. The van der Waals surface area contributed by atoms with E-state index in [0.29, 0.717) is 17.7 Å². The molecule has 1 N–H and O–H groups in total. The zero-order chi connectivity index (χ0) is 15.4. The van der Waals surface area contributed by atoms with Gasteiger partial charge in [0.2, 0.25) is 0 Å². The fraction of sp³-hybridized carbons (Fsp3) is 0.286. The highest BCUT2D eigenvalue weighted by Crippen LogP contribution is 2.31. The van der Waals surface area contributed by atoms with Crippen LogP contribution in [0.3, 0.4) is 0 Å². The summed E-state index contributed by atoms with van der Waals surface area (Å²) in [5.74, 6) is -0.0113. The van der Waals surface area contributed by atoms with E-state index in [1.807, 2.05) is 0 Å². The molecule has 1 heterocycles. The number of hydrogen-bond acceptors (Lipinski definition) is 5. The number of carbonyl (C=O) groups excluding carboxylic acids is 1. The average Bonchev–Trinajstić information content (AvgIpc) is 2.45. The van der Waals surface area contributed by atoms with Gasteiger partial charge in [-0.05, 0) is 26.0 Å². The Morgan fingerprint density at radius 1 is 1.29 bits per heavy atom. The van der Waals surface area contributed by atoms with E-state index >= 15 is 0 Å². The number of nitrogens with one attached hydrogen (secondary N) is 1. The van der Waals surface area contributed by atoms with Crippen LogP contribution in [0.25, 0.3) is 10.8 Å². The highest BCUT2D eigenvalue weighted by molar-refractivity contribution is 6.36. The second kappa shape index (κ2) is 6.49. The van der Waals surface area contributed by atoms with E-state index in [1.165, 1.54) is 6.07 Å². The molecule has 2 aromatic rings. The van der Waals surface area contributed by atoms with Crippen LogP contribution in [-0.4, -0.2) is 19.3 Å². The van der Waals surface area contributed by atoms with Crippen LogP contribution < -0.4 is 15.7 Å². The molecule has 0 saturated heterocycles. The third kappa shape index (κ3) is 3.28. The summed E-state index contributed by atoms with van der Waals surface area (Å²) < 4.78 is 14.9. The smallest absolute Gasteiger partial charge is 0.411 e. The number of anilines is 1. The molecule has 1 amide bonds. The van der Waals surface area contributed by atoms with Gasteiger partial charge in [-0.25, -0.2) is 9.59 Å². The van der Waals surface area contributed by atoms with E-state index in [-0.39, 0.29) is 23.0 Å². The molecule has 0 aliphatic heterocycles. The molecule has 2 rings (SSSR count). The molecule has 6 nitrogen and oxygen atoms in total. The molecule has 0 unspecified atom stereocenters. The molecule has 0 spiro atoms. The topological polar surface area (TPSA) is 77.8 Å². The fourth-order valence-electron chi connectivity index (χ4n) is 1.79. The average molecular weight is 312 g/mol. The first-order valence-corrected chi connectivity index (χ1v) is 6.77. The van der Waals surface area contributed by atoms with Crippen LogP contribution in [0.15, 0.2) is 27.4 Å². The van der Waals surface area contributed by atoms with Gasteiger partial charge in [0.15, 0.2) is 0 Å². The predicted molar refractivity (Wildman–Crippen MR) is 79.3 cm³/mol. The quantitative estimate of drug-likeness (QED) is 0.936. The standard InChI is InChI=1S/C14H14ClNO5/c1-3-19-13-11(15)9-6-5-8(16-14(18)20-4-2)7-10(9)12(17)21-13/h5-7H,3-4H2,1-2H3,(H,16,18). The lowest BCUT2D eigenvalue weighted by atomic mass is 10.1. The number of carbonyl (C=O) groups is 1. The van der Waals surface area contributed by atoms with Gasteiger partial charge in [-0.3, -0.25) is 5.32 Å². The number of halogens is 1. The summed E-state index contributed by atoms with van der Waals surface area (Å²) >= 11 is 6.13. The van der Waals surface area contributed by atoms with Gasteiger partial charge < -0.3 is 13.9 Å². The monoisotopic (exact) mass is 311 g/mol. The van der Waals surface area contributed by atoms with Crippen molar-refractivity contribution in [3.63, 3.8) is 0 Å². The zero-order valence-corrected chi connectivity index (χ0v) is 12.3. The maximum atomic E-state index is 11.9. The molecule has 0 fully saturated rings. The van der Waals surface area contributed by atoms with Crippen LogP contribution >= 0.6 is 11.6 Å². The van der Waals surface area contributed by atoms with Crippen molar-refractivity contribution >= 4 is 34.2 Å². The van der Waals surface area contributed by atoms with Crippen molar-refractivity contribution in [3.8, 4) is 5.95 Å². The molecule has 0 bridgehead atoms. The Labute approximate surface area is 125 Å². The maximum Gasteiger partial charge on any atom is 0.411 e. The van der Waals surface area contributed by atoms with Gasteiger partial charge in [-0.15, -0.1) is 0 Å². The van der Waals surface area contributed by atoms with Gasteiger partial charge in [-0.1, -0.05) is 17.7 Å². The summed E-state index contributed by atoms with van der Waals surface area (Å²) in [4.78, 5) is 23.3. The Morgan fingerprint density at radius 3 is 2.71 bits per heavy atom. The Hall–Kier alpha value is -2.21. The van der Waals surface area contributed by atoms with Gasteiger partial charge >= 0.3 is 17.7 Å². The minimum absolute atomic E-state index is 0.0113. The molecule has 0 atom stereocenters. The number of benzene rings is 1. The Balaban J connectivity index is 2.44. The van der Waals surface area contributed by atoms with Crippen LogP contribution in [-0.2, 0) is 4.74 Å². The van der Waals surface area contributed by atoms with Crippen molar-refractivity contribution in [1.82, 2.24) is 0 Å². The van der Waals surface area contributed by atoms with Crippen molar-refractivity contribution in [1.29, 1.82) is 0 Å². The van der Waals surface area contributed by atoms with E-state index in [2.05, 4.69) is 5.32 Å². The number of ether oxygens (including phenoxy) is 2. The second-order valence-corrected chi connectivity index (χ2v) is 4.41. The lowest BCUT2D eigenvalue weighted by Crippen LogP contribution is -2.13. The summed E-state index contributed by atoms with van der Waals surface area (Å²) in [5, 5.41) is 3.46. The van der Waals surface area contributed by atoms with Crippen LogP contribution in [0.1, 0.15) is 13.8 Å². The number of amides is 1. The van der Waals surface area contributed by atoms with Crippen LogP contribution in [0, 0.1) is 0 Å². The Morgan fingerprint density at radius 2 is 2.05 bits per heavy atom. The van der Waals surface area contributed by atoms with Crippen LogP contribution in [0.4, 0.5) is 10.5 Å². The molecule has 0 aliphatic rings. The van der Waals surface area contributed by atoms with Gasteiger partial charge in [0, 0.05) is 11.1 Å². The van der Waals surface area contributed by atoms with Crippen molar-refractivity contribution in [2.75, 3.05) is 18.5 Å². The number of hydrogen-bond donors (Lipinski definition) is 1. The van der Waals surface area contributed by atoms with E-state index < -0.39 is 11.7 Å². The largest absolute Gasteiger partial charge is 0.464 e. The molecule has 21 heavy (non-hydrogen) atoms. The minimum Gasteiger partial charge on any atom is -0.464 e. The molecule has 112 valence electrons. The highest BCUT2D eigenvalue weighted by atomic mass is 35.5. The first kappa shape index (κ1) is 15.2. The lowest BCUT2D eigenvalue weighted by molar-refractivity contribution is 0.168. The van der Waals surface area contributed by atoms with Gasteiger partial charge in [-0.2, -0.15) is 0 Å². The summed E-state index contributed by atoms with van der Waals surface area (Å²) in [6.07, 6.45) is -0.599. The fourth-order valence-corrected chi connectivity index (χ4v) is 2.04. The zero-order valence-electron chi connectivity index (χ0n) is 11.6. The molecule has 0 radical (unpaired) electrons. The van der Waals surface area contributed by atoms with Crippen LogP contribution in [0.5, 0.6) is 5.95 Å². The number of rotatable bonds is 4. The Bertz CT molecular complexity index is 725. The van der Waals surface area contributed by atoms with E-state index in [9.17, 15) is 9.59 Å². The molecule has 1 aromatic heterocycles. The minimum atomic E-state index is -0.599. The van der Waals surface area contributed by atoms with Gasteiger partial charge in [0.1, 0.15) is 5.02 Å². The molecule has 7 heteroatoms. The maximum absolute atomic E-state index is 11.9. The highest BCUT2D eigenvalue weighted by Gasteiger charge is 2.14. The summed E-state index contributed by atoms with van der Waals surface area (Å²) in [7, 11) is 0. The van der Waals surface area contributed by atoms with Crippen LogP contribution in [0.2, 0.25) is 5.02 Å². The summed E-state index contributed by atoms with van der Waals surface area (Å²) in [6, 6.07) is 4.69. The van der Waals surface area contributed by atoms with Crippen molar-refractivity contribution < 1.29 is 18.7 Å². The van der Waals surface area contributed by atoms with Gasteiger partial charge in [0.25, 0.3) is 0 Å². The van der Waals surface area contributed by atoms with Crippen molar-refractivity contribution in [2.45, 2.75) is 13.8 Å². The third-order valence-corrected chi connectivity index (χ3v) is 3.00. The summed E-state index contributed by atoms with van der Waals surface area (Å²) in [6.45, 7) is 4.04.